The summed E-state index contributed by atoms with van der Waals surface area (Å²) < 4.78 is 2.45. The average Bonchev–Trinajstić information content (AvgIpc) is 2.86. The number of aliphatic hydroxyl groups excluding tert-OH is 1. The molecule has 2 N–H and O–H groups in total. The highest BCUT2D eigenvalue weighted by atomic mass is 79.9. The average molecular weight is 339 g/mol. The third-order valence-electron chi connectivity index (χ3n) is 2.61. The van der Waals surface area contributed by atoms with Crippen LogP contribution in [-0.4, -0.2) is 32.6 Å². The maximum atomic E-state index is 11.8. The highest BCUT2D eigenvalue weighted by Gasteiger charge is 2.06. The van der Waals surface area contributed by atoms with Gasteiger partial charge in [-0.1, -0.05) is 21.1 Å². The number of rotatable bonds is 6. The summed E-state index contributed by atoms with van der Waals surface area (Å²) in [5.74, 6) is -0.161. The number of benzene rings is 1. The van der Waals surface area contributed by atoms with Crippen molar-refractivity contribution >= 4 is 27.5 Å². The van der Waals surface area contributed by atoms with Crippen molar-refractivity contribution in [1.82, 2.24) is 15.0 Å². The molecule has 0 unspecified atom stereocenters. The Bertz CT molecular complexity index is 568. The van der Waals surface area contributed by atoms with E-state index in [-0.39, 0.29) is 19.1 Å². The second kappa shape index (κ2) is 7.16. The van der Waals surface area contributed by atoms with Crippen LogP contribution in [0, 0.1) is 0 Å². The summed E-state index contributed by atoms with van der Waals surface area (Å²) in [6.07, 6.45) is 3.02. The van der Waals surface area contributed by atoms with E-state index in [1.165, 1.54) is 4.68 Å². The molecule has 0 aliphatic carbocycles. The molecule has 6 nitrogen and oxygen atoms in total. The number of halogens is 1. The summed E-state index contributed by atoms with van der Waals surface area (Å²) in [7, 11) is 0. The third-order valence-corrected chi connectivity index (χ3v) is 3.14. The summed E-state index contributed by atoms with van der Waals surface area (Å²) in [6, 6.07) is 7.35. The first kappa shape index (κ1) is 14.7. The van der Waals surface area contributed by atoms with Crippen molar-refractivity contribution in [3.63, 3.8) is 0 Å². The van der Waals surface area contributed by atoms with Crippen molar-refractivity contribution < 1.29 is 9.90 Å². The van der Waals surface area contributed by atoms with Crippen LogP contribution in [0.5, 0.6) is 0 Å². The maximum Gasteiger partial charge on any atom is 0.246 e. The van der Waals surface area contributed by atoms with Crippen LogP contribution in [0.4, 0.5) is 5.69 Å². The van der Waals surface area contributed by atoms with E-state index in [9.17, 15) is 4.79 Å². The Labute approximate surface area is 124 Å². The van der Waals surface area contributed by atoms with Crippen LogP contribution in [0.1, 0.15) is 12.1 Å². The van der Waals surface area contributed by atoms with Gasteiger partial charge in [-0.15, -0.1) is 5.10 Å². The first-order valence-corrected chi connectivity index (χ1v) is 7.02. The van der Waals surface area contributed by atoms with E-state index in [4.69, 9.17) is 5.11 Å². The van der Waals surface area contributed by atoms with E-state index >= 15 is 0 Å². The van der Waals surface area contributed by atoms with Gasteiger partial charge in [0.15, 0.2) is 0 Å². The summed E-state index contributed by atoms with van der Waals surface area (Å²) in [4.78, 5) is 11.8. The molecule has 0 spiro atoms. The van der Waals surface area contributed by atoms with E-state index in [0.29, 0.717) is 12.8 Å². The minimum Gasteiger partial charge on any atom is -0.396 e. The summed E-state index contributed by atoms with van der Waals surface area (Å²) in [6.45, 7) is 0.235. The van der Waals surface area contributed by atoms with Crippen molar-refractivity contribution in [2.75, 3.05) is 11.9 Å². The molecule has 2 aromatic rings. The third kappa shape index (κ3) is 4.43. The van der Waals surface area contributed by atoms with Crippen molar-refractivity contribution in [3.8, 4) is 0 Å². The van der Waals surface area contributed by atoms with Crippen molar-refractivity contribution in [2.45, 2.75) is 19.4 Å². The normalized spacial score (nSPS) is 10.5. The Morgan fingerprint density at radius 1 is 1.35 bits per heavy atom. The second-order valence-corrected chi connectivity index (χ2v) is 5.21. The zero-order valence-electron chi connectivity index (χ0n) is 10.8. The number of aliphatic hydroxyl groups is 1. The fourth-order valence-corrected chi connectivity index (χ4v) is 1.94. The van der Waals surface area contributed by atoms with Crippen LogP contribution < -0.4 is 5.32 Å². The van der Waals surface area contributed by atoms with Gasteiger partial charge in [-0.3, -0.25) is 4.79 Å². The number of hydrogen-bond donors (Lipinski definition) is 2. The number of aryl methyl sites for hydroxylation is 1. The van der Waals surface area contributed by atoms with Gasteiger partial charge in [-0.2, -0.15) is 0 Å². The van der Waals surface area contributed by atoms with Crippen molar-refractivity contribution in [3.05, 3.63) is 40.6 Å². The Kier molecular flexibility index (Phi) is 5.25. The molecule has 1 aromatic carbocycles. The van der Waals surface area contributed by atoms with Crippen LogP contribution in [0.25, 0.3) is 0 Å². The van der Waals surface area contributed by atoms with Crippen LogP contribution in [-0.2, 0) is 17.8 Å². The quantitative estimate of drug-likeness (QED) is 0.838. The highest BCUT2D eigenvalue weighted by Crippen LogP contribution is 2.14. The Hall–Kier alpha value is -1.73. The van der Waals surface area contributed by atoms with Gasteiger partial charge < -0.3 is 10.4 Å². The van der Waals surface area contributed by atoms with Crippen LogP contribution in [0.15, 0.2) is 34.9 Å². The van der Waals surface area contributed by atoms with Gasteiger partial charge in [-0.05, 0) is 37.1 Å². The van der Waals surface area contributed by atoms with Gasteiger partial charge >= 0.3 is 0 Å². The molecule has 0 aliphatic heterocycles. The van der Waals surface area contributed by atoms with Gasteiger partial charge in [0.2, 0.25) is 5.91 Å². The van der Waals surface area contributed by atoms with E-state index < -0.39 is 0 Å². The molecular weight excluding hydrogens is 324 g/mol. The van der Waals surface area contributed by atoms with E-state index in [0.717, 1.165) is 15.9 Å². The van der Waals surface area contributed by atoms with Gasteiger partial charge in [-0.25, -0.2) is 4.68 Å². The first-order valence-electron chi connectivity index (χ1n) is 6.22. The van der Waals surface area contributed by atoms with E-state index in [2.05, 4.69) is 31.6 Å². The Morgan fingerprint density at radius 2 is 2.10 bits per heavy atom. The second-order valence-electron chi connectivity index (χ2n) is 4.29. The number of carbonyl (C=O) groups excluding carboxylic acids is 1. The molecule has 7 heteroatoms. The topological polar surface area (TPSA) is 80.0 Å². The number of nitrogens with zero attached hydrogens (tertiary/aromatic N) is 3. The monoisotopic (exact) mass is 338 g/mol. The summed E-state index contributed by atoms with van der Waals surface area (Å²) in [5.41, 5.74) is 1.51. The summed E-state index contributed by atoms with van der Waals surface area (Å²) >= 11 is 3.34. The minimum atomic E-state index is -0.161. The largest absolute Gasteiger partial charge is 0.396 e. The predicted octanol–water partition coefficient (Wildman–Crippen LogP) is 1.60. The number of hydrogen-bond acceptors (Lipinski definition) is 4. The molecule has 0 saturated carbocycles. The molecule has 0 radical (unpaired) electrons. The van der Waals surface area contributed by atoms with Gasteiger partial charge in [0, 0.05) is 23.0 Å². The number of anilines is 1. The molecular formula is C13H15BrN4O2. The molecule has 1 amide bonds. The zero-order valence-corrected chi connectivity index (χ0v) is 12.4. The molecule has 0 saturated heterocycles. The number of carbonyl (C=O) groups is 1. The first-order chi connectivity index (χ1) is 9.67. The number of nitrogens with one attached hydrogen (secondary N) is 1. The molecule has 0 bridgehead atoms. The lowest BCUT2D eigenvalue weighted by molar-refractivity contribution is -0.116. The predicted molar refractivity (Wildman–Crippen MR) is 78.2 cm³/mol. The lowest BCUT2D eigenvalue weighted by atomic mass is 10.3. The van der Waals surface area contributed by atoms with E-state index in [1.54, 1.807) is 6.20 Å². The number of aromatic nitrogens is 3. The maximum absolute atomic E-state index is 11.8. The molecule has 0 aliphatic rings. The molecule has 2 rings (SSSR count). The van der Waals surface area contributed by atoms with Gasteiger partial charge in [0.1, 0.15) is 6.54 Å². The standard InChI is InChI=1S/C13H15BrN4O2/c14-10-3-5-11(6-4-10)15-13(20)9-18-8-12(16-17-18)2-1-7-19/h3-6,8,19H,1-2,7,9H2,(H,15,20). The summed E-state index contributed by atoms with van der Waals surface area (Å²) in [5, 5.41) is 19.3. The van der Waals surface area contributed by atoms with Crippen LogP contribution >= 0.6 is 15.9 Å². The van der Waals surface area contributed by atoms with Gasteiger partial charge in [0.25, 0.3) is 0 Å². The van der Waals surface area contributed by atoms with Gasteiger partial charge in [0.05, 0.1) is 5.69 Å². The molecule has 20 heavy (non-hydrogen) atoms. The Balaban J connectivity index is 1.87. The lowest BCUT2D eigenvalue weighted by Crippen LogP contribution is -2.19. The lowest BCUT2D eigenvalue weighted by Gasteiger charge is -2.04. The molecule has 0 fully saturated rings. The van der Waals surface area contributed by atoms with Crippen LogP contribution in [0.2, 0.25) is 0 Å². The minimum absolute atomic E-state index is 0.113. The SMILES string of the molecule is O=C(Cn1cc(CCCO)nn1)Nc1ccc(Br)cc1. The van der Waals surface area contributed by atoms with Crippen molar-refractivity contribution in [1.29, 1.82) is 0 Å². The molecule has 106 valence electrons. The number of amides is 1. The fraction of sp³-hybridized carbons (Fsp3) is 0.308. The molecule has 1 aromatic heterocycles. The fourth-order valence-electron chi connectivity index (χ4n) is 1.67. The van der Waals surface area contributed by atoms with Crippen LogP contribution in [0.3, 0.4) is 0 Å². The Morgan fingerprint density at radius 3 is 2.80 bits per heavy atom. The van der Waals surface area contributed by atoms with Crippen molar-refractivity contribution in [2.24, 2.45) is 0 Å². The zero-order chi connectivity index (χ0) is 14.4. The van der Waals surface area contributed by atoms with E-state index in [1.807, 2.05) is 24.3 Å². The smallest absolute Gasteiger partial charge is 0.246 e. The molecule has 1 heterocycles. The highest BCUT2D eigenvalue weighted by molar-refractivity contribution is 9.10. The molecule has 0 atom stereocenters.